The van der Waals surface area contributed by atoms with Gasteiger partial charge in [0.1, 0.15) is 0 Å². The molecule has 4 nitrogen and oxygen atoms in total. The Morgan fingerprint density at radius 3 is 2.68 bits per heavy atom. The van der Waals surface area contributed by atoms with Crippen LogP contribution in [0.15, 0.2) is 12.4 Å². The molecule has 1 saturated carbocycles. The molecule has 1 fully saturated rings. The lowest BCUT2D eigenvalue weighted by molar-refractivity contribution is 0.109. The van der Waals surface area contributed by atoms with Gasteiger partial charge in [0.15, 0.2) is 0 Å². The third-order valence-corrected chi connectivity index (χ3v) is 3.95. The Bertz CT molecular complexity index is 388. The first-order chi connectivity index (χ1) is 8.97. The smallest absolute Gasteiger partial charge is 0.0692 e. The molecule has 108 valence electrons. The number of hydrogen-bond acceptors (Lipinski definition) is 3. The normalized spacial score (nSPS) is 18.9. The summed E-state index contributed by atoms with van der Waals surface area (Å²) in [6.45, 7) is 7.88. The SMILES string of the molecule is CC(C)(C)n1cc(CNCC(O)C2CCCC2)cn1. The lowest BCUT2D eigenvalue weighted by Crippen LogP contribution is -2.31. The summed E-state index contributed by atoms with van der Waals surface area (Å²) >= 11 is 0. The van der Waals surface area contributed by atoms with Gasteiger partial charge in [-0.25, -0.2) is 0 Å². The van der Waals surface area contributed by atoms with Gasteiger partial charge in [0.2, 0.25) is 0 Å². The van der Waals surface area contributed by atoms with E-state index in [0.29, 0.717) is 12.5 Å². The second kappa shape index (κ2) is 6.06. The minimum absolute atomic E-state index is 0.0294. The number of aromatic nitrogens is 2. The van der Waals surface area contributed by atoms with Gasteiger partial charge < -0.3 is 10.4 Å². The van der Waals surface area contributed by atoms with Crippen molar-refractivity contribution in [1.29, 1.82) is 0 Å². The monoisotopic (exact) mass is 265 g/mol. The van der Waals surface area contributed by atoms with Crippen LogP contribution in [0.3, 0.4) is 0 Å². The number of nitrogens with one attached hydrogen (secondary N) is 1. The largest absolute Gasteiger partial charge is 0.392 e. The molecule has 0 bridgehead atoms. The molecule has 1 aliphatic rings. The van der Waals surface area contributed by atoms with Crippen LogP contribution in [0, 0.1) is 5.92 Å². The number of aliphatic hydroxyl groups excluding tert-OH is 1. The first-order valence-electron chi connectivity index (χ1n) is 7.39. The maximum atomic E-state index is 10.1. The van der Waals surface area contributed by atoms with Crippen LogP contribution < -0.4 is 5.32 Å². The average Bonchev–Trinajstić information content (AvgIpc) is 2.99. The van der Waals surface area contributed by atoms with Crippen molar-refractivity contribution in [3.8, 4) is 0 Å². The van der Waals surface area contributed by atoms with Crippen LogP contribution in [0.2, 0.25) is 0 Å². The highest BCUT2D eigenvalue weighted by Crippen LogP contribution is 2.27. The topological polar surface area (TPSA) is 50.1 Å². The first kappa shape index (κ1) is 14.5. The number of aliphatic hydroxyl groups is 1. The van der Waals surface area contributed by atoms with Crippen LogP contribution in [-0.4, -0.2) is 27.5 Å². The maximum Gasteiger partial charge on any atom is 0.0692 e. The van der Waals surface area contributed by atoms with E-state index >= 15 is 0 Å². The molecule has 0 aliphatic heterocycles. The van der Waals surface area contributed by atoms with Crippen LogP contribution >= 0.6 is 0 Å². The van der Waals surface area contributed by atoms with Crippen molar-refractivity contribution in [2.75, 3.05) is 6.54 Å². The standard InChI is InChI=1S/C15H27N3O/c1-15(2,3)18-11-12(9-17-18)8-16-10-14(19)13-6-4-5-7-13/h9,11,13-14,16,19H,4-8,10H2,1-3H3. The molecule has 0 radical (unpaired) electrons. The van der Waals surface area contributed by atoms with E-state index in [1.54, 1.807) is 0 Å². The fraction of sp³-hybridized carbons (Fsp3) is 0.800. The van der Waals surface area contributed by atoms with Gasteiger partial charge in [-0.15, -0.1) is 0 Å². The van der Waals surface area contributed by atoms with E-state index in [0.717, 1.165) is 6.54 Å². The Morgan fingerprint density at radius 2 is 2.11 bits per heavy atom. The summed E-state index contributed by atoms with van der Waals surface area (Å²) in [6.07, 6.45) is 8.71. The fourth-order valence-corrected chi connectivity index (χ4v) is 2.69. The van der Waals surface area contributed by atoms with Crippen LogP contribution in [0.25, 0.3) is 0 Å². The van der Waals surface area contributed by atoms with E-state index in [2.05, 4.69) is 37.4 Å². The molecule has 0 saturated heterocycles. The molecule has 2 N–H and O–H groups in total. The van der Waals surface area contributed by atoms with E-state index < -0.39 is 0 Å². The summed E-state index contributed by atoms with van der Waals surface area (Å²) in [4.78, 5) is 0. The van der Waals surface area contributed by atoms with Crippen LogP contribution in [-0.2, 0) is 12.1 Å². The predicted molar refractivity (Wildman–Crippen MR) is 76.9 cm³/mol. The summed E-state index contributed by atoms with van der Waals surface area (Å²) in [5.41, 5.74) is 1.20. The zero-order chi connectivity index (χ0) is 13.9. The molecule has 19 heavy (non-hydrogen) atoms. The first-order valence-corrected chi connectivity index (χ1v) is 7.39. The van der Waals surface area contributed by atoms with Crippen molar-refractivity contribution in [2.45, 2.75) is 64.6 Å². The van der Waals surface area contributed by atoms with Crippen molar-refractivity contribution >= 4 is 0 Å². The van der Waals surface area contributed by atoms with Crippen molar-refractivity contribution in [3.05, 3.63) is 18.0 Å². The van der Waals surface area contributed by atoms with Gasteiger partial charge in [0.25, 0.3) is 0 Å². The highest BCUT2D eigenvalue weighted by atomic mass is 16.3. The van der Waals surface area contributed by atoms with Crippen LogP contribution in [0.4, 0.5) is 0 Å². The van der Waals surface area contributed by atoms with E-state index in [1.807, 2.05) is 10.9 Å². The Hall–Kier alpha value is -0.870. The van der Waals surface area contributed by atoms with Crippen molar-refractivity contribution in [2.24, 2.45) is 5.92 Å². The fourth-order valence-electron chi connectivity index (χ4n) is 2.69. The minimum atomic E-state index is -0.194. The summed E-state index contributed by atoms with van der Waals surface area (Å²) in [6, 6.07) is 0. The molecule has 1 heterocycles. The van der Waals surface area contributed by atoms with Gasteiger partial charge in [-0.3, -0.25) is 4.68 Å². The molecule has 1 aromatic heterocycles. The quantitative estimate of drug-likeness (QED) is 0.858. The van der Waals surface area contributed by atoms with E-state index in [-0.39, 0.29) is 11.6 Å². The number of rotatable bonds is 5. The third kappa shape index (κ3) is 4.05. The predicted octanol–water partition coefficient (Wildman–Crippen LogP) is 2.28. The number of hydrogen-bond donors (Lipinski definition) is 2. The maximum absolute atomic E-state index is 10.1. The van der Waals surface area contributed by atoms with E-state index in [9.17, 15) is 5.11 Å². The Balaban J connectivity index is 1.74. The van der Waals surface area contributed by atoms with Gasteiger partial charge in [0, 0.05) is 24.8 Å². The van der Waals surface area contributed by atoms with E-state index in [4.69, 9.17) is 0 Å². The lowest BCUT2D eigenvalue weighted by atomic mass is 10.0. The van der Waals surface area contributed by atoms with E-state index in [1.165, 1.54) is 31.2 Å². The zero-order valence-corrected chi connectivity index (χ0v) is 12.4. The molecule has 0 spiro atoms. The molecule has 1 atom stereocenters. The Labute approximate surface area is 116 Å². The molecule has 1 aromatic rings. The van der Waals surface area contributed by atoms with Gasteiger partial charge in [-0.1, -0.05) is 12.8 Å². The molecule has 4 heteroatoms. The second-order valence-electron chi connectivity index (χ2n) is 6.71. The average molecular weight is 265 g/mol. The van der Waals surface area contributed by atoms with Crippen LogP contribution in [0.5, 0.6) is 0 Å². The van der Waals surface area contributed by atoms with Gasteiger partial charge in [-0.05, 0) is 39.5 Å². The van der Waals surface area contributed by atoms with Crippen molar-refractivity contribution in [3.63, 3.8) is 0 Å². The molecular weight excluding hydrogens is 238 g/mol. The third-order valence-electron chi connectivity index (χ3n) is 3.95. The van der Waals surface area contributed by atoms with Crippen molar-refractivity contribution in [1.82, 2.24) is 15.1 Å². The molecule has 0 amide bonds. The molecule has 1 aliphatic carbocycles. The zero-order valence-electron chi connectivity index (χ0n) is 12.4. The molecule has 0 aromatic carbocycles. The molecule has 1 unspecified atom stereocenters. The van der Waals surface area contributed by atoms with Gasteiger partial charge >= 0.3 is 0 Å². The Morgan fingerprint density at radius 1 is 1.42 bits per heavy atom. The highest BCUT2D eigenvalue weighted by Gasteiger charge is 2.22. The second-order valence-corrected chi connectivity index (χ2v) is 6.71. The minimum Gasteiger partial charge on any atom is -0.392 e. The van der Waals surface area contributed by atoms with Crippen LogP contribution in [0.1, 0.15) is 52.0 Å². The molecular formula is C15H27N3O. The van der Waals surface area contributed by atoms with Gasteiger partial charge in [-0.2, -0.15) is 5.10 Å². The van der Waals surface area contributed by atoms with Gasteiger partial charge in [0.05, 0.1) is 17.8 Å². The Kier molecular flexibility index (Phi) is 4.63. The summed E-state index contributed by atoms with van der Waals surface area (Å²) in [7, 11) is 0. The lowest BCUT2D eigenvalue weighted by Gasteiger charge is -2.19. The molecule has 2 rings (SSSR count). The van der Waals surface area contributed by atoms with Crippen molar-refractivity contribution < 1.29 is 5.11 Å². The highest BCUT2D eigenvalue weighted by molar-refractivity contribution is 5.04. The number of nitrogens with zero attached hydrogens (tertiary/aromatic N) is 2. The summed E-state index contributed by atoms with van der Waals surface area (Å²) in [5, 5.41) is 17.8. The summed E-state index contributed by atoms with van der Waals surface area (Å²) < 4.78 is 1.98. The summed E-state index contributed by atoms with van der Waals surface area (Å²) in [5.74, 6) is 0.504.